The number of rotatable bonds is 5. The highest BCUT2D eigenvalue weighted by molar-refractivity contribution is 6.33. The Morgan fingerprint density at radius 2 is 2.17 bits per heavy atom. The van der Waals surface area contributed by atoms with E-state index in [1.54, 1.807) is 6.92 Å². The monoisotopic (exact) mass is 271 g/mol. The van der Waals surface area contributed by atoms with Gasteiger partial charge >= 0.3 is 0 Å². The van der Waals surface area contributed by atoms with E-state index in [9.17, 15) is 9.59 Å². The van der Waals surface area contributed by atoms with E-state index in [0.717, 1.165) is 0 Å². The Hall–Kier alpha value is -1.86. The molecule has 8 heteroatoms. The molecule has 0 atom stereocenters. The third-order valence-electron chi connectivity index (χ3n) is 2.02. The van der Waals surface area contributed by atoms with E-state index in [2.05, 4.69) is 21.0 Å². The number of pyridine rings is 1. The van der Waals surface area contributed by atoms with Crippen LogP contribution in [0.2, 0.25) is 5.02 Å². The Morgan fingerprint density at radius 1 is 1.44 bits per heavy atom. The standard InChI is InChI=1S/C10H14ClN5O2/c1-2-13-8(17)5-15-10(18)6-3-7(11)9(16-12)14-4-6/h3-4H,2,5,12H2,1H3,(H,13,17)(H,14,16)(H,15,18). The zero-order chi connectivity index (χ0) is 13.5. The number of aromatic nitrogens is 1. The summed E-state index contributed by atoms with van der Waals surface area (Å²) in [6.07, 6.45) is 1.31. The van der Waals surface area contributed by atoms with Gasteiger partial charge in [-0.1, -0.05) is 11.6 Å². The highest BCUT2D eigenvalue weighted by atomic mass is 35.5. The van der Waals surface area contributed by atoms with Crippen LogP contribution in [0.1, 0.15) is 17.3 Å². The van der Waals surface area contributed by atoms with Gasteiger partial charge < -0.3 is 16.1 Å². The molecule has 0 radical (unpaired) electrons. The molecule has 0 aliphatic rings. The van der Waals surface area contributed by atoms with Crippen molar-refractivity contribution in [2.45, 2.75) is 6.92 Å². The zero-order valence-corrected chi connectivity index (χ0v) is 10.5. The van der Waals surface area contributed by atoms with Crippen molar-refractivity contribution in [3.05, 3.63) is 22.8 Å². The average molecular weight is 272 g/mol. The number of hydrogen-bond acceptors (Lipinski definition) is 5. The fraction of sp³-hybridized carbons (Fsp3) is 0.300. The summed E-state index contributed by atoms with van der Waals surface area (Å²) in [6.45, 7) is 2.21. The number of nitrogens with two attached hydrogens (primary N) is 1. The Bertz CT molecular complexity index is 452. The van der Waals surface area contributed by atoms with Crippen LogP contribution in [0.15, 0.2) is 12.3 Å². The normalized spacial score (nSPS) is 9.72. The van der Waals surface area contributed by atoms with Gasteiger partial charge in [-0.3, -0.25) is 9.59 Å². The Labute approximate surface area is 109 Å². The van der Waals surface area contributed by atoms with Crippen LogP contribution in [0, 0.1) is 0 Å². The molecule has 0 aromatic carbocycles. The van der Waals surface area contributed by atoms with Crippen molar-refractivity contribution < 1.29 is 9.59 Å². The second-order valence-electron chi connectivity index (χ2n) is 3.33. The number of anilines is 1. The second kappa shape index (κ2) is 6.77. The Morgan fingerprint density at radius 3 is 2.72 bits per heavy atom. The fourth-order valence-electron chi connectivity index (χ4n) is 1.19. The van der Waals surface area contributed by atoms with E-state index >= 15 is 0 Å². The topological polar surface area (TPSA) is 109 Å². The molecule has 0 bridgehead atoms. The predicted octanol–water partition coefficient (Wildman–Crippen LogP) is -0.113. The molecule has 7 nitrogen and oxygen atoms in total. The molecule has 0 aliphatic carbocycles. The van der Waals surface area contributed by atoms with Gasteiger partial charge in [-0.05, 0) is 13.0 Å². The SMILES string of the molecule is CCNC(=O)CNC(=O)c1cnc(NN)c(Cl)c1. The van der Waals surface area contributed by atoms with Gasteiger partial charge in [0.15, 0.2) is 5.82 Å². The number of carbonyl (C=O) groups is 2. The lowest BCUT2D eigenvalue weighted by Crippen LogP contribution is -2.36. The minimum Gasteiger partial charge on any atom is -0.355 e. The molecule has 0 spiro atoms. The van der Waals surface area contributed by atoms with Gasteiger partial charge in [0.2, 0.25) is 5.91 Å². The largest absolute Gasteiger partial charge is 0.355 e. The number of nitrogens with one attached hydrogen (secondary N) is 3. The van der Waals surface area contributed by atoms with Gasteiger partial charge in [-0.25, -0.2) is 10.8 Å². The fourth-order valence-corrected chi connectivity index (χ4v) is 1.41. The molecule has 0 saturated heterocycles. The molecule has 1 aromatic heterocycles. The first-order chi connectivity index (χ1) is 8.58. The number of amides is 2. The molecular formula is C10H14ClN5O2. The van der Waals surface area contributed by atoms with Crippen LogP contribution >= 0.6 is 11.6 Å². The third kappa shape index (κ3) is 3.86. The maximum Gasteiger partial charge on any atom is 0.253 e. The molecule has 1 rings (SSSR count). The first kappa shape index (κ1) is 14.2. The van der Waals surface area contributed by atoms with Crippen molar-refractivity contribution in [1.82, 2.24) is 15.6 Å². The maximum atomic E-state index is 11.7. The lowest BCUT2D eigenvalue weighted by Gasteiger charge is -2.07. The van der Waals surface area contributed by atoms with E-state index < -0.39 is 5.91 Å². The number of likely N-dealkylation sites (N-methyl/N-ethyl adjacent to an activating group) is 1. The number of nitrogen functional groups attached to an aromatic ring is 1. The molecule has 1 aromatic rings. The van der Waals surface area contributed by atoms with E-state index in [-0.39, 0.29) is 28.9 Å². The minimum absolute atomic E-state index is 0.0960. The predicted molar refractivity (Wildman–Crippen MR) is 68.1 cm³/mol. The molecule has 0 unspecified atom stereocenters. The first-order valence-corrected chi connectivity index (χ1v) is 5.63. The highest BCUT2D eigenvalue weighted by Crippen LogP contribution is 2.18. The van der Waals surface area contributed by atoms with Crippen molar-refractivity contribution in [3.8, 4) is 0 Å². The van der Waals surface area contributed by atoms with Crippen LogP contribution in [0.5, 0.6) is 0 Å². The molecular weight excluding hydrogens is 258 g/mol. The second-order valence-corrected chi connectivity index (χ2v) is 3.74. The average Bonchev–Trinajstić information content (AvgIpc) is 2.36. The summed E-state index contributed by atoms with van der Waals surface area (Å²) >= 11 is 5.82. The number of hydrogen-bond donors (Lipinski definition) is 4. The van der Waals surface area contributed by atoms with Crippen molar-refractivity contribution in [1.29, 1.82) is 0 Å². The number of hydrazine groups is 1. The summed E-state index contributed by atoms with van der Waals surface area (Å²) in [5.74, 6) is 4.74. The molecule has 98 valence electrons. The maximum absolute atomic E-state index is 11.7. The Balaban J connectivity index is 2.62. The van der Waals surface area contributed by atoms with Crippen molar-refractivity contribution >= 4 is 29.2 Å². The summed E-state index contributed by atoms with van der Waals surface area (Å²) < 4.78 is 0. The van der Waals surface area contributed by atoms with Crippen LogP contribution in [0.4, 0.5) is 5.82 Å². The van der Waals surface area contributed by atoms with Gasteiger partial charge in [0.05, 0.1) is 17.1 Å². The van der Waals surface area contributed by atoms with Crippen molar-refractivity contribution in [2.24, 2.45) is 5.84 Å². The molecule has 18 heavy (non-hydrogen) atoms. The first-order valence-electron chi connectivity index (χ1n) is 5.25. The van der Waals surface area contributed by atoms with Crippen molar-refractivity contribution in [2.75, 3.05) is 18.5 Å². The van der Waals surface area contributed by atoms with Crippen LogP contribution in [-0.2, 0) is 4.79 Å². The molecule has 1 heterocycles. The zero-order valence-electron chi connectivity index (χ0n) is 9.79. The molecule has 5 N–H and O–H groups in total. The van der Waals surface area contributed by atoms with E-state index in [1.807, 2.05) is 0 Å². The molecule has 0 saturated carbocycles. The summed E-state index contributed by atoms with van der Waals surface area (Å²) in [5.41, 5.74) is 2.54. The van der Waals surface area contributed by atoms with Gasteiger partial charge in [-0.2, -0.15) is 0 Å². The highest BCUT2D eigenvalue weighted by Gasteiger charge is 2.10. The summed E-state index contributed by atoms with van der Waals surface area (Å²) in [7, 11) is 0. The van der Waals surface area contributed by atoms with Crippen LogP contribution in [0.3, 0.4) is 0 Å². The number of halogens is 1. The van der Waals surface area contributed by atoms with E-state index in [1.165, 1.54) is 12.3 Å². The molecule has 0 fully saturated rings. The smallest absolute Gasteiger partial charge is 0.253 e. The minimum atomic E-state index is -0.431. The summed E-state index contributed by atoms with van der Waals surface area (Å²) in [4.78, 5) is 26.7. The van der Waals surface area contributed by atoms with Gasteiger partial charge in [0, 0.05) is 12.7 Å². The van der Waals surface area contributed by atoms with E-state index in [0.29, 0.717) is 6.54 Å². The molecule has 2 amide bonds. The quantitative estimate of drug-likeness (QED) is 0.441. The van der Waals surface area contributed by atoms with Gasteiger partial charge in [-0.15, -0.1) is 0 Å². The van der Waals surface area contributed by atoms with Crippen LogP contribution in [0.25, 0.3) is 0 Å². The van der Waals surface area contributed by atoms with Gasteiger partial charge in [0.1, 0.15) is 0 Å². The number of carbonyl (C=O) groups excluding carboxylic acids is 2. The van der Waals surface area contributed by atoms with Crippen LogP contribution in [-0.4, -0.2) is 29.9 Å². The lowest BCUT2D eigenvalue weighted by molar-refractivity contribution is -0.120. The Kier molecular flexibility index (Phi) is 5.34. The van der Waals surface area contributed by atoms with E-state index in [4.69, 9.17) is 17.4 Å². The van der Waals surface area contributed by atoms with Crippen LogP contribution < -0.4 is 21.9 Å². The van der Waals surface area contributed by atoms with Gasteiger partial charge in [0.25, 0.3) is 5.91 Å². The third-order valence-corrected chi connectivity index (χ3v) is 2.31. The van der Waals surface area contributed by atoms with Crippen molar-refractivity contribution in [3.63, 3.8) is 0 Å². The molecule has 0 aliphatic heterocycles. The summed E-state index contributed by atoms with van der Waals surface area (Å²) in [5, 5.41) is 5.23. The lowest BCUT2D eigenvalue weighted by atomic mass is 10.2. The summed E-state index contributed by atoms with van der Waals surface area (Å²) in [6, 6.07) is 1.41. The number of nitrogens with zero attached hydrogens (tertiary/aromatic N) is 1.